The van der Waals surface area contributed by atoms with Crippen LogP contribution in [-0.2, 0) is 29.4 Å². The van der Waals surface area contributed by atoms with Gasteiger partial charge < -0.3 is 19.4 Å². The number of nitrogens with zero attached hydrogens (tertiary/aromatic N) is 3. The molecule has 8 nitrogen and oxygen atoms in total. The predicted octanol–water partition coefficient (Wildman–Crippen LogP) is 4.80. The number of carbonyl (C=O) groups excluding carboxylic acids is 2. The van der Waals surface area contributed by atoms with Crippen LogP contribution < -0.4 is 10.1 Å². The van der Waals surface area contributed by atoms with Crippen molar-refractivity contribution in [1.29, 1.82) is 0 Å². The fourth-order valence-corrected chi connectivity index (χ4v) is 5.94. The maximum atomic E-state index is 12.8. The van der Waals surface area contributed by atoms with Crippen molar-refractivity contribution in [2.45, 2.75) is 50.8 Å². The molecule has 2 aromatic heterocycles. The number of para-hydroxylation sites is 1. The molecule has 10 heteroatoms. The highest BCUT2D eigenvalue weighted by Gasteiger charge is 2.27. The molecule has 0 fully saturated rings. The first-order valence-electron chi connectivity index (χ1n) is 11.3. The van der Waals surface area contributed by atoms with Gasteiger partial charge in [0.1, 0.15) is 10.8 Å². The smallest absolute Gasteiger partial charge is 0.341 e. The molecule has 1 amide bonds. The summed E-state index contributed by atoms with van der Waals surface area (Å²) in [4.78, 5) is 26.5. The van der Waals surface area contributed by atoms with E-state index in [-0.39, 0.29) is 23.7 Å². The zero-order valence-corrected chi connectivity index (χ0v) is 21.1. The van der Waals surface area contributed by atoms with Gasteiger partial charge in [-0.25, -0.2) is 4.79 Å². The minimum atomic E-state index is -0.366. The van der Waals surface area contributed by atoms with Gasteiger partial charge in [0, 0.05) is 11.9 Å². The summed E-state index contributed by atoms with van der Waals surface area (Å²) in [5, 5.41) is 12.6. The minimum absolute atomic E-state index is 0.144. The number of fused-ring (bicyclic) bond motifs is 1. The first-order chi connectivity index (χ1) is 16.5. The zero-order chi connectivity index (χ0) is 24.1. The summed E-state index contributed by atoms with van der Waals surface area (Å²) in [5.41, 5.74) is 1.55. The Kier molecular flexibility index (Phi) is 7.89. The summed E-state index contributed by atoms with van der Waals surface area (Å²) in [6.07, 6.45) is 3.62. The number of amides is 1. The van der Waals surface area contributed by atoms with E-state index in [0.717, 1.165) is 37.0 Å². The molecule has 0 aliphatic heterocycles. The highest BCUT2D eigenvalue weighted by Crippen LogP contribution is 2.38. The largest absolute Gasteiger partial charge is 0.483 e. The molecule has 1 atom stereocenters. The number of thiophene rings is 1. The number of benzene rings is 1. The molecule has 4 rings (SSSR count). The van der Waals surface area contributed by atoms with Gasteiger partial charge in [-0.2, -0.15) is 0 Å². The van der Waals surface area contributed by atoms with Crippen LogP contribution in [0, 0.1) is 0 Å². The van der Waals surface area contributed by atoms with Gasteiger partial charge in [-0.15, -0.1) is 21.5 Å². The van der Waals surface area contributed by atoms with Crippen LogP contribution in [0.25, 0.3) is 0 Å². The Morgan fingerprint density at radius 3 is 2.74 bits per heavy atom. The standard InChI is InChI=1S/C24H28N4O4S2/c1-4-31-23(30)20-17-12-8-9-13-18(17)34-22(20)25-19(29)14-33-24-27-26-21(28(24)3)15(2)32-16-10-6-5-7-11-16/h5-7,10-11,15H,4,8-9,12-14H2,1-3H3,(H,25,29). The Balaban J connectivity index is 1.40. The number of ether oxygens (including phenoxy) is 2. The van der Waals surface area contributed by atoms with E-state index in [2.05, 4.69) is 15.5 Å². The second-order valence-electron chi connectivity index (χ2n) is 7.95. The average Bonchev–Trinajstić information content (AvgIpc) is 3.38. The summed E-state index contributed by atoms with van der Waals surface area (Å²) in [6, 6.07) is 9.53. The van der Waals surface area contributed by atoms with Gasteiger partial charge in [0.2, 0.25) is 5.91 Å². The third-order valence-corrected chi connectivity index (χ3v) is 7.75. The zero-order valence-electron chi connectivity index (χ0n) is 19.5. The lowest BCUT2D eigenvalue weighted by molar-refractivity contribution is -0.113. The summed E-state index contributed by atoms with van der Waals surface area (Å²) in [7, 11) is 1.85. The summed E-state index contributed by atoms with van der Waals surface area (Å²) in [5.74, 6) is 0.998. The lowest BCUT2D eigenvalue weighted by Gasteiger charge is -2.14. The number of hydrogen-bond donors (Lipinski definition) is 1. The molecule has 0 saturated carbocycles. The number of anilines is 1. The lowest BCUT2D eigenvalue weighted by Crippen LogP contribution is -2.17. The van der Waals surface area contributed by atoms with Crippen LogP contribution in [0.1, 0.15) is 59.4 Å². The highest BCUT2D eigenvalue weighted by molar-refractivity contribution is 7.99. The monoisotopic (exact) mass is 500 g/mol. The van der Waals surface area contributed by atoms with Gasteiger partial charge in [0.05, 0.1) is 17.9 Å². The van der Waals surface area contributed by atoms with Crippen LogP contribution in [-0.4, -0.2) is 39.0 Å². The first-order valence-corrected chi connectivity index (χ1v) is 13.1. The Hall–Kier alpha value is -2.85. The number of esters is 1. The van der Waals surface area contributed by atoms with Gasteiger partial charge >= 0.3 is 5.97 Å². The predicted molar refractivity (Wildman–Crippen MR) is 133 cm³/mol. The van der Waals surface area contributed by atoms with E-state index in [4.69, 9.17) is 9.47 Å². The summed E-state index contributed by atoms with van der Waals surface area (Å²) >= 11 is 2.77. The first kappa shape index (κ1) is 24.3. The van der Waals surface area contributed by atoms with Crippen molar-refractivity contribution in [2.75, 3.05) is 17.7 Å². The van der Waals surface area contributed by atoms with Crippen molar-refractivity contribution in [3.63, 3.8) is 0 Å². The lowest BCUT2D eigenvalue weighted by atomic mass is 9.95. The van der Waals surface area contributed by atoms with Gasteiger partial charge in [-0.3, -0.25) is 4.79 Å². The van der Waals surface area contributed by atoms with Crippen LogP contribution in [0.5, 0.6) is 5.75 Å². The van der Waals surface area contributed by atoms with Gasteiger partial charge in [-0.05, 0) is 57.2 Å². The molecule has 1 aliphatic rings. The van der Waals surface area contributed by atoms with E-state index in [0.29, 0.717) is 28.2 Å². The van der Waals surface area contributed by atoms with Gasteiger partial charge in [-0.1, -0.05) is 30.0 Å². The average molecular weight is 501 g/mol. The van der Waals surface area contributed by atoms with Crippen LogP contribution in [0.15, 0.2) is 35.5 Å². The second kappa shape index (κ2) is 11.1. The molecular formula is C24H28N4O4S2. The van der Waals surface area contributed by atoms with E-state index in [1.54, 1.807) is 6.92 Å². The third kappa shape index (κ3) is 5.44. The molecule has 0 bridgehead atoms. The number of aryl methyl sites for hydroxylation is 1. The normalized spacial score (nSPS) is 13.7. The van der Waals surface area contributed by atoms with Gasteiger partial charge in [0.15, 0.2) is 17.1 Å². The Morgan fingerprint density at radius 1 is 1.21 bits per heavy atom. The Morgan fingerprint density at radius 2 is 1.97 bits per heavy atom. The minimum Gasteiger partial charge on any atom is -0.483 e. The van der Waals surface area contributed by atoms with Crippen molar-refractivity contribution in [2.24, 2.45) is 7.05 Å². The maximum absolute atomic E-state index is 12.8. The Labute approximate surface area is 207 Å². The second-order valence-corrected chi connectivity index (χ2v) is 9.99. The van der Waals surface area contributed by atoms with Crippen LogP contribution in [0.3, 0.4) is 0 Å². The molecule has 180 valence electrons. The van der Waals surface area contributed by atoms with Crippen LogP contribution in [0.4, 0.5) is 5.00 Å². The van der Waals surface area contributed by atoms with E-state index >= 15 is 0 Å². The van der Waals surface area contributed by atoms with E-state index < -0.39 is 0 Å². The van der Waals surface area contributed by atoms with Crippen molar-refractivity contribution >= 4 is 40.0 Å². The van der Waals surface area contributed by atoms with E-state index in [1.165, 1.54) is 28.0 Å². The van der Waals surface area contributed by atoms with Crippen LogP contribution in [0.2, 0.25) is 0 Å². The number of rotatable bonds is 9. The molecule has 0 radical (unpaired) electrons. The number of hydrogen-bond acceptors (Lipinski definition) is 8. The molecular weight excluding hydrogens is 472 g/mol. The topological polar surface area (TPSA) is 95.3 Å². The van der Waals surface area contributed by atoms with Crippen molar-refractivity contribution in [3.05, 3.63) is 52.2 Å². The molecule has 3 aromatic rings. The number of aromatic nitrogens is 3. The Bertz CT molecular complexity index is 1160. The molecule has 1 aliphatic carbocycles. The summed E-state index contributed by atoms with van der Waals surface area (Å²) in [6.45, 7) is 3.99. The fourth-order valence-electron chi connectivity index (χ4n) is 3.93. The molecule has 1 aromatic carbocycles. The van der Waals surface area contributed by atoms with Crippen molar-refractivity contribution in [1.82, 2.24) is 14.8 Å². The SMILES string of the molecule is CCOC(=O)c1c(NC(=O)CSc2nnc(C(C)Oc3ccccc3)n2C)sc2c1CCCC2. The molecule has 0 spiro atoms. The summed E-state index contributed by atoms with van der Waals surface area (Å²) < 4.78 is 13.0. The van der Waals surface area contributed by atoms with Crippen LogP contribution >= 0.6 is 23.1 Å². The molecule has 1 unspecified atom stereocenters. The van der Waals surface area contributed by atoms with Crippen molar-refractivity contribution in [3.8, 4) is 5.75 Å². The van der Waals surface area contributed by atoms with E-state index in [9.17, 15) is 9.59 Å². The quantitative estimate of drug-likeness (QED) is 0.333. The maximum Gasteiger partial charge on any atom is 0.341 e. The van der Waals surface area contributed by atoms with Crippen molar-refractivity contribution < 1.29 is 19.1 Å². The molecule has 34 heavy (non-hydrogen) atoms. The number of nitrogens with one attached hydrogen (secondary N) is 1. The number of thioether (sulfide) groups is 1. The fraction of sp³-hybridized carbons (Fsp3) is 0.417. The van der Waals surface area contributed by atoms with Gasteiger partial charge in [0.25, 0.3) is 0 Å². The number of carbonyl (C=O) groups is 2. The molecule has 2 heterocycles. The molecule has 0 saturated heterocycles. The molecule has 1 N–H and O–H groups in total. The van der Waals surface area contributed by atoms with E-state index in [1.807, 2.05) is 48.9 Å². The third-order valence-electron chi connectivity index (χ3n) is 5.52. The highest BCUT2D eigenvalue weighted by atomic mass is 32.2.